The molecule has 1 atom stereocenters. The molecule has 1 amide bonds. The van der Waals surface area contributed by atoms with Crippen LogP contribution in [0, 0.1) is 11.3 Å². The van der Waals surface area contributed by atoms with Crippen molar-refractivity contribution in [2.75, 3.05) is 11.1 Å². The molecule has 16 heavy (non-hydrogen) atoms. The van der Waals surface area contributed by atoms with Gasteiger partial charge in [0, 0.05) is 12.6 Å². The summed E-state index contributed by atoms with van der Waals surface area (Å²) in [6.07, 6.45) is 0. The van der Waals surface area contributed by atoms with E-state index in [1.807, 2.05) is 6.07 Å². The fraction of sp³-hybridized carbons (Fsp3) is 0.273. The lowest BCUT2D eigenvalue weighted by atomic mass is 10.2. The lowest BCUT2D eigenvalue weighted by molar-refractivity contribution is -0.114. The zero-order valence-electron chi connectivity index (χ0n) is 9.11. The van der Waals surface area contributed by atoms with E-state index in [1.54, 1.807) is 19.1 Å². The van der Waals surface area contributed by atoms with E-state index in [0.29, 0.717) is 21.9 Å². The van der Waals surface area contributed by atoms with Gasteiger partial charge in [0.05, 0.1) is 0 Å². The van der Waals surface area contributed by atoms with Crippen LogP contribution in [0.3, 0.4) is 0 Å². The predicted octanol–water partition coefficient (Wildman–Crippen LogP) is 1.64. The quantitative estimate of drug-likeness (QED) is 0.810. The van der Waals surface area contributed by atoms with Gasteiger partial charge in [-0.1, -0.05) is 0 Å². The van der Waals surface area contributed by atoms with Crippen molar-refractivity contribution in [3.05, 3.63) is 23.8 Å². The van der Waals surface area contributed by atoms with E-state index < -0.39 is 11.2 Å². The molecule has 0 aliphatic carbocycles. The van der Waals surface area contributed by atoms with E-state index in [9.17, 15) is 9.35 Å². The van der Waals surface area contributed by atoms with Crippen LogP contribution in [0.5, 0.6) is 0 Å². The third-order valence-corrected chi connectivity index (χ3v) is 3.30. The minimum absolute atomic E-state index is 0.201. The lowest BCUT2D eigenvalue weighted by Gasteiger charge is -2.10. The molecular weight excluding hydrogens is 224 g/mol. The van der Waals surface area contributed by atoms with Gasteiger partial charge in [-0.3, -0.25) is 4.79 Å². The number of hydrogen-bond donors (Lipinski definition) is 1. The Kier molecular flexibility index (Phi) is 4.35. The molecule has 0 heterocycles. The molecule has 0 bridgehead atoms. The summed E-state index contributed by atoms with van der Waals surface area (Å²) in [5.41, 5.74) is 0.882. The van der Waals surface area contributed by atoms with Crippen LogP contribution in [-0.4, -0.2) is 16.2 Å². The highest BCUT2D eigenvalue weighted by molar-refractivity contribution is 7.91. The third-order valence-electron chi connectivity index (χ3n) is 1.93. The van der Waals surface area contributed by atoms with E-state index in [0.717, 1.165) is 0 Å². The fourth-order valence-corrected chi connectivity index (χ4v) is 2.13. The van der Waals surface area contributed by atoms with Crippen LogP contribution in [0.25, 0.3) is 0 Å². The Balaban J connectivity index is 3.08. The molecule has 1 aromatic carbocycles. The lowest BCUT2D eigenvalue weighted by Crippen LogP contribution is -2.09. The van der Waals surface area contributed by atoms with Crippen LogP contribution in [0.2, 0.25) is 0 Å². The van der Waals surface area contributed by atoms with Gasteiger partial charge in [0.15, 0.2) is 4.90 Å². The summed E-state index contributed by atoms with van der Waals surface area (Å²) >= 11 is -1.16. The molecule has 0 saturated heterocycles. The number of nitrogens with one attached hydrogen (secondary N) is 1. The van der Waals surface area contributed by atoms with Gasteiger partial charge < -0.3 is 9.87 Å². The highest BCUT2D eigenvalue weighted by Gasteiger charge is 2.14. The summed E-state index contributed by atoms with van der Waals surface area (Å²) in [5, 5.41) is 11.5. The summed E-state index contributed by atoms with van der Waals surface area (Å²) in [6.45, 7) is 3.18. The van der Waals surface area contributed by atoms with E-state index >= 15 is 0 Å². The first-order valence-corrected chi connectivity index (χ1v) is 6.10. The van der Waals surface area contributed by atoms with Crippen LogP contribution in [0.1, 0.15) is 19.4 Å². The topological polar surface area (TPSA) is 75.9 Å². The van der Waals surface area contributed by atoms with Crippen LogP contribution >= 0.6 is 0 Å². The minimum atomic E-state index is -1.16. The second-order valence-corrected chi connectivity index (χ2v) is 4.85. The normalized spacial score (nSPS) is 11.6. The van der Waals surface area contributed by atoms with Crippen molar-refractivity contribution in [2.45, 2.75) is 18.7 Å². The summed E-state index contributed by atoms with van der Waals surface area (Å²) in [5.74, 6) is 0.266. The molecule has 0 radical (unpaired) electrons. The van der Waals surface area contributed by atoms with Gasteiger partial charge in [0.1, 0.15) is 17.4 Å². The Bertz CT molecular complexity index is 440. The van der Waals surface area contributed by atoms with Gasteiger partial charge in [-0.2, -0.15) is 5.26 Å². The van der Waals surface area contributed by atoms with Crippen LogP contribution < -0.4 is 5.32 Å². The maximum atomic E-state index is 11.6. The molecule has 84 valence electrons. The van der Waals surface area contributed by atoms with Crippen molar-refractivity contribution in [1.29, 1.82) is 5.26 Å². The smallest absolute Gasteiger partial charge is 0.221 e. The number of amides is 1. The Morgan fingerprint density at radius 3 is 2.81 bits per heavy atom. The van der Waals surface area contributed by atoms with Crippen molar-refractivity contribution >= 4 is 22.8 Å². The first kappa shape index (κ1) is 12.6. The van der Waals surface area contributed by atoms with Gasteiger partial charge in [0.2, 0.25) is 5.91 Å². The molecule has 0 aromatic heterocycles. The number of benzene rings is 1. The van der Waals surface area contributed by atoms with Crippen LogP contribution in [0.4, 0.5) is 5.69 Å². The Morgan fingerprint density at radius 2 is 2.31 bits per heavy atom. The first-order chi connectivity index (χ1) is 7.58. The Morgan fingerprint density at radius 1 is 1.62 bits per heavy atom. The number of rotatable bonds is 3. The van der Waals surface area contributed by atoms with Gasteiger partial charge in [0.25, 0.3) is 0 Å². The fourth-order valence-electron chi connectivity index (χ4n) is 1.25. The zero-order valence-corrected chi connectivity index (χ0v) is 9.93. The van der Waals surface area contributed by atoms with E-state index in [2.05, 4.69) is 5.32 Å². The number of nitrogens with zero attached hydrogens (tertiary/aromatic N) is 1. The second kappa shape index (κ2) is 5.54. The molecule has 0 fully saturated rings. The molecule has 4 nitrogen and oxygen atoms in total. The van der Waals surface area contributed by atoms with E-state index in [1.165, 1.54) is 13.0 Å². The van der Waals surface area contributed by atoms with Crippen LogP contribution in [-0.2, 0) is 16.0 Å². The zero-order chi connectivity index (χ0) is 12.1. The molecule has 0 aliphatic rings. The number of carbonyl (C=O) groups is 1. The summed E-state index contributed by atoms with van der Waals surface area (Å²) in [7, 11) is 0. The monoisotopic (exact) mass is 236 g/mol. The average molecular weight is 236 g/mol. The third kappa shape index (κ3) is 2.99. The summed E-state index contributed by atoms with van der Waals surface area (Å²) in [4.78, 5) is 11.3. The van der Waals surface area contributed by atoms with Crippen molar-refractivity contribution in [3.8, 4) is 6.07 Å². The summed E-state index contributed by atoms with van der Waals surface area (Å²) in [6, 6.07) is 6.77. The second-order valence-electron chi connectivity index (χ2n) is 3.14. The maximum absolute atomic E-state index is 11.6. The van der Waals surface area contributed by atoms with Gasteiger partial charge in [-0.05, 0) is 36.3 Å². The number of nitriles is 1. The molecule has 1 unspecified atom stereocenters. The SMILES string of the molecule is CC[S+]([O-])c1ccc(NC(C)=O)cc1C#N. The highest BCUT2D eigenvalue weighted by atomic mass is 32.2. The number of hydrogen-bond acceptors (Lipinski definition) is 3. The van der Waals surface area contributed by atoms with E-state index in [4.69, 9.17) is 5.26 Å². The average Bonchev–Trinajstić information content (AvgIpc) is 2.27. The summed E-state index contributed by atoms with van der Waals surface area (Å²) < 4.78 is 11.6. The van der Waals surface area contributed by atoms with Crippen LogP contribution in [0.15, 0.2) is 23.1 Å². The highest BCUT2D eigenvalue weighted by Crippen LogP contribution is 2.20. The first-order valence-electron chi connectivity index (χ1n) is 4.78. The number of anilines is 1. The molecule has 1 N–H and O–H groups in total. The van der Waals surface area contributed by atoms with Gasteiger partial charge >= 0.3 is 0 Å². The van der Waals surface area contributed by atoms with Crippen molar-refractivity contribution < 1.29 is 9.35 Å². The molecule has 0 aliphatic heterocycles. The Hall–Kier alpha value is -1.51. The molecule has 1 rings (SSSR count). The van der Waals surface area contributed by atoms with Gasteiger partial charge in [-0.15, -0.1) is 0 Å². The minimum Gasteiger partial charge on any atom is -0.611 e. The molecule has 5 heteroatoms. The molecule has 0 spiro atoms. The molecule has 1 aromatic rings. The molecule has 0 saturated carbocycles. The van der Waals surface area contributed by atoms with E-state index in [-0.39, 0.29) is 5.91 Å². The largest absolute Gasteiger partial charge is 0.611 e. The Labute approximate surface area is 97.5 Å². The van der Waals surface area contributed by atoms with Crippen molar-refractivity contribution in [3.63, 3.8) is 0 Å². The van der Waals surface area contributed by atoms with Gasteiger partial charge in [-0.25, -0.2) is 0 Å². The standard InChI is InChI=1S/C11H12N2O2S/c1-3-16(15)11-5-4-10(13-8(2)14)6-9(11)7-12/h4-6H,3H2,1-2H3,(H,13,14). The van der Waals surface area contributed by atoms with Crippen molar-refractivity contribution in [1.82, 2.24) is 0 Å². The molecular formula is C11H12N2O2S. The maximum Gasteiger partial charge on any atom is 0.221 e. The van der Waals surface area contributed by atoms with Crippen molar-refractivity contribution in [2.24, 2.45) is 0 Å². The number of carbonyl (C=O) groups excluding carboxylic acids is 1. The predicted molar refractivity (Wildman–Crippen MR) is 62.4 cm³/mol.